The highest BCUT2D eigenvalue weighted by atomic mass is 16.5. The molecule has 4 fully saturated rings. The van der Waals surface area contributed by atoms with Crippen molar-refractivity contribution < 1.29 is 9.47 Å². The van der Waals surface area contributed by atoms with Crippen LogP contribution in [0.5, 0.6) is 11.5 Å². The van der Waals surface area contributed by atoms with Crippen LogP contribution in [0.3, 0.4) is 0 Å². The molecule has 0 spiro atoms. The van der Waals surface area contributed by atoms with Crippen LogP contribution in [0.1, 0.15) is 51.0 Å². The van der Waals surface area contributed by atoms with E-state index in [1.54, 1.807) is 13.2 Å². The van der Waals surface area contributed by atoms with Crippen molar-refractivity contribution in [1.29, 1.82) is 0 Å². The van der Waals surface area contributed by atoms with Crippen LogP contribution in [0.2, 0.25) is 0 Å². The molecule has 0 amide bonds. The Hall–Kier alpha value is -1.48. The van der Waals surface area contributed by atoms with Crippen LogP contribution in [-0.2, 0) is 6.54 Å². The number of hydrogen-bond donors (Lipinski definition) is 1. The Kier molecular flexibility index (Phi) is 5.00. The van der Waals surface area contributed by atoms with Gasteiger partial charge in [-0.3, -0.25) is 0 Å². The molecule has 4 aliphatic rings. The van der Waals surface area contributed by atoms with Crippen molar-refractivity contribution in [3.8, 4) is 11.5 Å². The third kappa shape index (κ3) is 3.38. The molecule has 4 saturated carbocycles. The summed E-state index contributed by atoms with van der Waals surface area (Å²) in [4.78, 5) is 0. The topological polar surface area (TPSA) is 30.5 Å². The Labute approximate surface area is 158 Å². The minimum Gasteiger partial charge on any atom is -0.493 e. The van der Waals surface area contributed by atoms with E-state index in [9.17, 15) is 0 Å². The third-order valence-corrected chi connectivity index (χ3v) is 7.20. The second-order valence-corrected chi connectivity index (χ2v) is 8.97. The molecule has 0 radical (unpaired) electrons. The number of ether oxygens (including phenoxy) is 2. The first-order valence-electron chi connectivity index (χ1n) is 10.3. The van der Waals surface area contributed by atoms with Gasteiger partial charge in [0.15, 0.2) is 11.5 Å². The van der Waals surface area contributed by atoms with Gasteiger partial charge < -0.3 is 14.8 Å². The van der Waals surface area contributed by atoms with Gasteiger partial charge in [-0.05, 0) is 86.3 Å². The van der Waals surface area contributed by atoms with Crippen molar-refractivity contribution in [2.24, 2.45) is 23.2 Å². The predicted octanol–water partition coefficient (Wildman–Crippen LogP) is 4.95. The smallest absolute Gasteiger partial charge is 0.161 e. The first-order valence-corrected chi connectivity index (χ1v) is 10.3. The second kappa shape index (κ2) is 7.26. The van der Waals surface area contributed by atoms with E-state index < -0.39 is 0 Å². The lowest BCUT2D eigenvalue weighted by molar-refractivity contribution is -0.0706. The lowest BCUT2D eigenvalue weighted by Crippen LogP contribution is -2.54. The maximum absolute atomic E-state index is 5.66. The molecule has 142 valence electrons. The van der Waals surface area contributed by atoms with Gasteiger partial charge in [0.1, 0.15) is 6.61 Å². The van der Waals surface area contributed by atoms with Crippen LogP contribution in [0.15, 0.2) is 30.9 Å². The summed E-state index contributed by atoms with van der Waals surface area (Å²) in [7, 11) is 1.70. The highest BCUT2D eigenvalue weighted by Gasteiger charge is 2.52. The van der Waals surface area contributed by atoms with E-state index in [1.165, 1.54) is 44.1 Å². The van der Waals surface area contributed by atoms with Gasteiger partial charge in [-0.25, -0.2) is 0 Å². The van der Waals surface area contributed by atoms with E-state index in [0.717, 1.165) is 35.8 Å². The number of rotatable bonds is 8. The van der Waals surface area contributed by atoms with E-state index >= 15 is 0 Å². The molecular weight excluding hydrogens is 322 g/mol. The van der Waals surface area contributed by atoms with E-state index in [4.69, 9.17) is 9.47 Å². The van der Waals surface area contributed by atoms with Crippen molar-refractivity contribution in [2.45, 2.75) is 58.0 Å². The molecule has 1 N–H and O–H groups in total. The molecule has 0 heterocycles. The molecule has 0 saturated heterocycles. The molecule has 0 unspecified atom stereocenters. The van der Waals surface area contributed by atoms with Crippen LogP contribution in [0, 0.1) is 23.2 Å². The van der Waals surface area contributed by atoms with Gasteiger partial charge in [-0.2, -0.15) is 0 Å². The first-order chi connectivity index (χ1) is 12.6. The molecule has 1 aromatic carbocycles. The molecule has 0 aliphatic heterocycles. The summed E-state index contributed by atoms with van der Waals surface area (Å²) in [6.07, 6.45) is 10.6. The standard InChI is InChI=1S/C23H33NO2/c1-4-7-26-21-6-5-17(11-22(21)25-3)15-24-16(2)23-12-18-8-19(13-23)10-20(9-18)14-23/h4-6,11,16,18-20,24H,1,7-10,12-15H2,2-3H3/t16-,18?,19?,20?,23?/m1/s1. The van der Waals surface area contributed by atoms with Gasteiger partial charge in [0.05, 0.1) is 7.11 Å². The zero-order chi connectivity index (χ0) is 18.1. The molecule has 4 aliphatic carbocycles. The van der Waals surface area contributed by atoms with E-state index in [-0.39, 0.29) is 0 Å². The van der Waals surface area contributed by atoms with Crippen molar-refractivity contribution in [2.75, 3.05) is 13.7 Å². The SMILES string of the molecule is C=CCOc1ccc(CN[C@H](C)C23CC4CC(CC(C4)C2)C3)cc1OC. The Bertz CT molecular complexity index is 618. The summed E-state index contributed by atoms with van der Waals surface area (Å²) in [5.74, 6) is 4.60. The highest BCUT2D eigenvalue weighted by Crippen LogP contribution is 2.61. The summed E-state index contributed by atoms with van der Waals surface area (Å²) in [6, 6.07) is 6.82. The van der Waals surface area contributed by atoms with Crippen molar-refractivity contribution in [1.82, 2.24) is 5.32 Å². The largest absolute Gasteiger partial charge is 0.493 e. The minimum atomic E-state index is 0.497. The summed E-state index contributed by atoms with van der Waals surface area (Å²) < 4.78 is 11.2. The fourth-order valence-electron chi connectivity index (χ4n) is 6.29. The fourth-order valence-corrected chi connectivity index (χ4v) is 6.29. The van der Waals surface area contributed by atoms with Crippen LogP contribution >= 0.6 is 0 Å². The Morgan fingerprint density at radius 1 is 1.15 bits per heavy atom. The lowest BCUT2D eigenvalue weighted by atomic mass is 9.48. The summed E-state index contributed by atoms with van der Waals surface area (Å²) in [5.41, 5.74) is 1.80. The molecule has 1 aromatic rings. The summed E-state index contributed by atoms with van der Waals surface area (Å²) >= 11 is 0. The van der Waals surface area contributed by atoms with Crippen molar-refractivity contribution in [3.05, 3.63) is 36.4 Å². The molecular formula is C23H33NO2. The van der Waals surface area contributed by atoms with Gasteiger partial charge in [0.2, 0.25) is 0 Å². The average molecular weight is 356 g/mol. The normalized spacial score (nSPS) is 33.1. The molecule has 1 atom stereocenters. The lowest BCUT2D eigenvalue weighted by Gasteiger charge is -2.59. The molecule has 3 heteroatoms. The average Bonchev–Trinajstić information content (AvgIpc) is 2.63. The number of benzene rings is 1. The van der Waals surface area contributed by atoms with E-state index in [2.05, 4.69) is 31.0 Å². The maximum Gasteiger partial charge on any atom is 0.161 e. The van der Waals surface area contributed by atoms with Crippen molar-refractivity contribution in [3.63, 3.8) is 0 Å². The number of nitrogens with one attached hydrogen (secondary N) is 1. The van der Waals surface area contributed by atoms with Gasteiger partial charge in [-0.15, -0.1) is 0 Å². The maximum atomic E-state index is 5.66. The number of methoxy groups -OCH3 is 1. The van der Waals surface area contributed by atoms with Gasteiger partial charge in [0, 0.05) is 12.6 Å². The zero-order valence-electron chi connectivity index (χ0n) is 16.3. The van der Waals surface area contributed by atoms with Crippen LogP contribution in [-0.4, -0.2) is 19.8 Å². The quantitative estimate of drug-likeness (QED) is 0.669. The Balaban J connectivity index is 1.40. The van der Waals surface area contributed by atoms with Crippen LogP contribution < -0.4 is 14.8 Å². The summed E-state index contributed by atoms with van der Waals surface area (Å²) in [6.45, 7) is 7.51. The van der Waals surface area contributed by atoms with Crippen LogP contribution in [0.4, 0.5) is 0 Å². The first kappa shape index (κ1) is 17.9. The van der Waals surface area contributed by atoms with Gasteiger partial charge in [-0.1, -0.05) is 18.7 Å². The second-order valence-electron chi connectivity index (χ2n) is 8.97. The molecule has 3 nitrogen and oxygen atoms in total. The van der Waals surface area contributed by atoms with Crippen molar-refractivity contribution >= 4 is 0 Å². The molecule has 4 bridgehead atoms. The minimum absolute atomic E-state index is 0.497. The van der Waals surface area contributed by atoms with Gasteiger partial charge in [0.25, 0.3) is 0 Å². The van der Waals surface area contributed by atoms with Crippen LogP contribution in [0.25, 0.3) is 0 Å². The van der Waals surface area contributed by atoms with E-state index in [1.807, 2.05) is 6.07 Å². The molecule has 26 heavy (non-hydrogen) atoms. The Morgan fingerprint density at radius 3 is 2.38 bits per heavy atom. The highest BCUT2D eigenvalue weighted by molar-refractivity contribution is 5.43. The number of hydrogen-bond acceptors (Lipinski definition) is 3. The fraction of sp³-hybridized carbons (Fsp3) is 0.652. The zero-order valence-corrected chi connectivity index (χ0v) is 16.3. The van der Waals surface area contributed by atoms with E-state index in [0.29, 0.717) is 18.1 Å². The molecule has 0 aromatic heterocycles. The monoisotopic (exact) mass is 355 g/mol. The summed E-state index contributed by atoms with van der Waals surface area (Å²) in [5, 5.41) is 3.86. The Morgan fingerprint density at radius 2 is 1.81 bits per heavy atom. The molecule has 5 rings (SSSR count). The third-order valence-electron chi connectivity index (χ3n) is 7.20. The predicted molar refractivity (Wildman–Crippen MR) is 106 cm³/mol. The van der Waals surface area contributed by atoms with Gasteiger partial charge >= 0.3 is 0 Å².